The number of hydrogen-bond acceptors (Lipinski definition) is 3. The molecular weight excluding hydrogens is 503 g/mol. The molecule has 1 amide bonds. The average Bonchev–Trinajstić information content (AvgIpc) is 2.76. The zero-order valence-corrected chi connectivity index (χ0v) is 22.0. The fourth-order valence-corrected chi connectivity index (χ4v) is 3.81. The van der Waals surface area contributed by atoms with Crippen molar-refractivity contribution >= 4 is 35.8 Å². The fraction of sp³-hybridized carbons (Fsp3) is 0.667. The minimum Gasteiger partial charge on any atom is -0.493 e. The Morgan fingerprint density at radius 2 is 1.87 bits per heavy atom. The van der Waals surface area contributed by atoms with Gasteiger partial charge in [-0.3, -0.25) is 9.79 Å². The number of carbonyl (C=O) groups excluding carboxylic acids is 1. The average molecular weight is 545 g/mol. The number of nitrogens with one attached hydrogen (secondary N) is 2. The molecule has 1 aromatic rings. The lowest BCUT2D eigenvalue weighted by Crippen LogP contribution is -2.50. The molecule has 6 nitrogen and oxygen atoms in total. The number of aryl methyl sites for hydroxylation is 1. The molecule has 0 saturated carbocycles. The molecule has 2 N–H and O–H groups in total. The number of piperidine rings is 1. The third-order valence-electron chi connectivity index (χ3n) is 5.75. The molecule has 2 rings (SSSR count). The number of ether oxygens (including phenoxy) is 1. The van der Waals surface area contributed by atoms with E-state index in [4.69, 9.17) is 9.73 Å². The largest absolute Gasteiger partial charge is 0.493 e. The first-order valence-corrected chi connectivity index (χ1v) is 11.6. The van der Waals surface area contributed by atoms with Gasteiger partial charge in [-0.15, -0.1) is 24.0 Å². The predicted octanol–water partition coefficient (Wildman–Crippen LogP) is 4.36. The maximum Gasteiger partial charge on any atom is 0.225 e. The smallest absolute Gasteiger partial charge is 0.225 e. The minimum absolute atomic E-state index is 0. The number of rotatable bonds is 10. The van der Waals surface area contributed by atoms with Crippen molar-refractivity contribution in [2.24, 2.45) is 10.9 Å². The van der Waals surface area contributed by atoms with Crippen molar-refractivity contribution in [2.45, 2.75) is 65.8 Å². The molecule has 1 aliphatic heterocycles. The second-order valence-electron chi connectivity index (χ2n) is 7.99. The van der Waals surface area contributed by atoms with Gasteiger partial charge in [0.15, 0.2) is 5.96 Å². The number of guanidine groups is 1. The van der Waals surface area contributed by atoms with E-state index < -0.39 is 0 Å². The van der Waals surface area contributed by atoms with E-state index in [0.717, 1.165) is 69.0 Å². The molecule has 0 aromatic heterocycles. The number of amides is 1. The van der Waals surface area contributed by atoms with Gasteiger partial charge in [0.2, 0.25) is 5.91 Å². The van der Waals surface area contributed by atoms with Gasteiger partial charge in [0.05, 0.1) is 6.61 Å². The Labute approximate surface area is 205 Å². The molecule has 176 valence electrons. The molecule has 0 spiro atoms. The monoisotopic (exact) mass is 544 g/mol. The number of likely N-dealkylation sites (tertiary alicyclic amines) is 1. The summed E-state index contributed by atoms with van der Waals surface area (Å²) in [7, 11) is 0. The second-order valence-corrected chi connectivity index (χ2v) is 7.99. The van der Waals surface area contributed by atoms with Gasteiger partial charge in [-0.1, -0.05) is 32.0 Å². The lowest BCUT2D eigenvalue weighted by Gasteiger charge is -2.34. The Hall–Kier alpha value is -1.51. The summed E-state index contributed by atoms with van der Waals surface area (Å²) < 4.78 is 5.85. The zero-order valence-electron chi connectivity index (χ0n) is 19.7. The Bertz CT molecular complexity index is 671. The summed E-state index contributed by atoms with van der Waals surface area (Å²) in [6.45, 7) is 12.2. The van der Waals surface area contributed by atoms with Crippen LogP contribution in [-0.4, -0.2) is 55.6 Å². The van der Waals surface area contributed by atoms with Gasteiger partial charge >= 0.3 is 0 Å². The quantitative estimate of drug-likeness (QED) is 0.199. The standard InChI is InChI=1S/C24H40N4O2.HI/c1-5-20(6-2)23(29)28-16-13-21(14-17-28)27-24(25-7-3)26-15-10-18-30-22-12-9-8-11-19(22)4;/h8-9,11-12,20-21H,5-7,10,13-18H2,1-4H3,(H2,25,26,27);1H. The summed E-state index contributed by atoms with van der Waals surface area (Å²) in [6, 6.07) is 8.44. The SMILES string of the molecule is CCNC(=NCCCOc1ccccc1C)NC1CCN(C(=O)C(CC)CC)CC1.I. The molecule has 1 heterocycles. The highest BCUT2D eigenvalue weighted by atomic mass is 127. The molecule has 0 aliphatic carbocycles. The van der Waals surface area contributed by atoms with Crippen LogP contribution in [0, 0.1) is 12.8 Å². The van der Waals surface area contributed by atoms with E-state index in [1.165, 1.54) is 0 Å². The molecule has 0 bridgehead atoms. The lowest BCUT2D eigenvalue weighted by molar-refractivity contribution is -0.136. The zero-order chi connectivity index (χ0) is 21.8. The van der Waals surface area contributed by atoms with Gasteiger partial charge < -0.3 is 20.3 Å². The van der Waals surface area contributed by atoms with Crippen LogP contribution in [0.5, 0.6) is 5.75 Å². The van der Waals surface area contributed by atoms with Crippen LogP contribution in [0.4, 0.5) is 0 Å². The minimum atomic E-state index is 0. The Morgan fingerprint density at radius 3 is 2.48 bits per heavy atom. The first-order chi connectivity index (χ1) is 14.6. The van der Waals surface area contributed by atoms with Crippen molar-refractivity contribution in [1.29, 1.82) is 0 Å². The van der Waals surface area contributed by atoms with Crippen molar-refractivity contribution in [3.63, 3.8) is 0 Å². The number of carbonyl (C=O) groups is 1. The summed E-state index contributed by atoms with van der Waals surface area (Å²) in [5, 5.41) is 6.89. The van der Waals surface area contributed by atoms with Crippen molar-refractivity contribution in [3.05, 3.63) is 29.8 Å². The van der Waals surface area contributed by atoms with Gasteiger partial charge in [0.1, 0.15) is 5.75 Å². The van der Waals surface area contributed by atoms with Gasteiger partial charge in [0.25, 0.3) is 0 Å². The van der Waals surface area contributed by atoms with Crippen LogP contribution in [0.15, 0.2) is 29.3 Å². The van der Waals surface area contributed by atoms with E-state index in [-0.39, 0.29) is 29.9 Å². The normalized spacial score (nSPS) is 14.9. The lowest BCUT2D eigenvalue weighted by atomic mass is 9.98. The number of para-hydroxylation sites is 1. The molecular formula is C24H41IN4O2. The van der Waals surface area contributed by atoms with Gasteiger partial charge in [0, 0.05) is 44.6 Å². The van der Waals surface area contributed by atoms with Crippen LogP contribution in [-0.2, 0) is 4.79 Å². The third-order valence-corrected chi connectivity index (χ3v) is 5.75. The number of aliphatic imine (C=N–C) groups is 1. The summed E-state index contributed by atoms with van der Waals surface area (Å²) in [5.74, 6) is 2.31. The van der Waals surface area contributed by atoms with Crippen LogP contribution in [0.2, 0.25) is 0 Å². The van der Waals surface area contributed by atoms with Crippen LogP contribution in [0.25, 0.3) is 0 Å². The maximum atomic E-state index is 12.6. The number of benzene rings is 1. The van der Waals surface area contributed by atoms with E-state index in [0.29, 0.717) is 25.1 Å². The van der Waals surface area contributed by atoms with Crippen molar-refractivity contribution in [2.75, 3.05) is 32.8 Å². The summed E-state index contributed by atoms with van der Waals surface area (Å²) in [4.78, 5) is 19.3. The van der Waals surface area contributed by atoms with Crippen molar-refractivity contribution in [3.8, 4) is 5.75 Å². The fourth-order valence-electron chi connectivity index (χ4n) is 3.81. The Kier molecular flexibility index (Phi) is 13.6. The van der Waals surface area contributed by atoms with Crippen LogP contribution < -0.4 is 15.4 Å². The van der Waals surface area contributed by atoms with Gasteiger partial charge in [-0.25, -0.2) is 0 Å². The van der Waals surface area contributed by atoms with E-state index in [9.17, 15) is 4.79 Å². The Morgan fingerprint density at radius 1 is 1.19 bits per heavy atom. The highest BCUT2D eigenvalue weighted by molar-refractivity contribution is 14.0. The number of halogens is 1. The molecule has 1 saturated heterocycles. The molecule has 0 radical (unpaired) electrons. The second kappa shape index (κ2) is 15.3. The highest BCUT2D eigenvalue weighted by Crippen LogP contribution is 2.18. The van der Waals surface area contributed by atoms with Crippen LogP contribution >= 0.6 is 24.0 Å². The molecule has 0 unspecified atom stereocenters. The van der Waals surface area contributed by atoms with E-state index in [2.05, 4.69) is 44.4 Å². The number of hydrogen-bond donors (Lipinski definition) is 2. The Balaban J connectivity index is 0.00000480. The maximum absolute atomic E-state index is 12.6. The summed E-state index contributed by atoms with van der Waals surface area (Å²) in [5.41, 5.74) is 1.16. The summed E-state index contributed by atoms with van der Waals surface area (Å²) >= 11 is 0. The van der Waals surface area contributed by atoms with Crippen LogP contribution in [0.1, 0.15) is 58.4 Å². The first-order valence-electron chi connectivity index (χ1n) is 11.6. The topological polar surface area (TPSA) is 66.0 Å². The third kappa shape index (κ3) is 9.25. The molecule has 1 aliphatic rings. The predicted molar refractivity (Wildman–Crippen MR) is 139 cm³/mol. The van der Waals surface area contributed by atoms with E-state index in [1.54, 1.807) is 0 Å². The van der Waals surface area contributed by atoms with Crippen molar-refractivity contribution < 1.29 is 9.53 Å². The first kappa shape index (κ1) is 27.5. The van der Waals surface area contributed by atoms with Crippen molar-refractivity contribution in [1.82, 2.24) is 15.5 Å². The highest BCUT2D eigenvalue weighted by Gasteiger charge is 2.26. The number of nitrogens with zero attached hydrogens (tertiary/aromatic N) is 2. The molecule has 1 aromatic carbocycles. The molecule has 31 heavy (non-hydrogen) atoms. The molecule has 1 fully saturated rings. The molecule has 0 atom stereocenters. The van der Waals surface area contributed by atoms with E-state index >= 15 is 0 Å². The van der Waals surface area contributed by atoms with E-state index in [1.807, 2.05) is 23.1 Å². The summed E-state index contributed by atoms with van der Waals surface area (Å²) in [6.07, 6.45) is 4.66. The van der Waals surface area contributed by atoms with Gasteiger partial charge in [-0.2, -0.15) is 0 Å². The van der Waals surface area contributed by atoms with Crippen LogP contribution in [0.3, 0.4) is 0 Å². The molecule has 7 heteroatoms. The van der Waals surface area contributed by atoms with Gasteiger partial charge in [-0.05, 0) is 51.2 Å².